The van der Waals surface area contributed by atoms with Crippen molar-refractivity contribution in [3.63, 3.8) is 0 Å². The monoisotopic (exact) mass is 312 g/mol. The van der Waals surface area contributed by atoms with Crippen LogP contribution in [0.3, 0.4) is 0 Å². The number of hydrogen-bond acceptors (Lipinski definition) is 5. The van der Waals surface area contributed by atoms with Crippen LogP contribution < -0.4 is 10.2 Å². The van der Waals surface area contributed by atoms with Crippen LogP contribution in [0.15, 0.2) is 6.20 Å². The standard InChI is InChI=1S/C16H20N6O/c1-8-7-17-15(18-16(23)10-5-6-10)14-11(8)13-12(9(2)21(14)3)19-22(4)20-13/h7,9-10H,5-6H2,1-4H3,(H,17,18,23). The minimum absolute atomic E-state index is 0.0644. The first-order valence-corrected chi connectivity index (χ1v) is 7.92. The SMILES string of the molecule is Cc1cnc(NC(=O)C2CC2)c2c1-c1nn(C)nc1C(C)N2C. The molecule has 7 nitrogen and oxygen atoms in total. The fourth-order valence-electron chi connectivity index (χ4n) is 3.15. The maximum absolute atomic E-state index is 12.2. The van der Waals surface area contributed by atoms with Gasteiger partial charge in [-0.1, -0.05) is 0 Å². The van der Waals surface area contributed by atoms with Gasteiger partial charge >= 0.3 is 0 Å². The minimum atomic E-state index is 0.0644. The van der Waals surface area contributed by atoms with Crippen molar-refractivity contribution >= 4 is 17.4 Å². The lowest BCUT2D eigenvalue weighted by atomic mass is 9.95. The van der Waals surface area contributed by atoms with E-state index in [4.69, 9.17) is 0 Å². The molecule has 4 rings (SSSR count). The van der Waals surface area contributed by atoms with Crippen LogP contribution in [0.1, 0.15) is 37.1 Å². The molecule has 0 aromatic carbocycles. The quantitative estimate of drug-likeness (QED) is 0.918. The molecule has 1 unspecified atom stereocenters. The number of aromatic nitrogens is 4. The Hall–Kier alpha value is -2.44. The fraction of sp³-hybridized carbons (Fsp3) is 0.500. The molecule has 2 aliphatic rings. The van der Waals surface area contributed by atoms with E-state index in [1.165, 1.54) is 0 Å². The summed E-state index contributed by atoms with van der Waals surface area (Å²) in [7, 11) is 3.84. The van der Waals surface area contributed by atoms with E-state index in [-0.39, 0.29) is 17.9 Å². The van der Waals surface area contributed by atoms with Crippen LogP contribution in [-0.4, -0.2) is 32.9 Å². The van der Waals surface area contributed by atoms with Crippen molar-refractivity contribution in [3.05, 3.63) is 17.5 Å². The average molecular weight is 312 g/mol. The van der Waals surface area contributed by atoms with Gasteiger partial charge in [0.1, 0.15) is 11.4 Å². The molecule has 120 valence electrons. The average Bonchev–Trinajstić information content (AvgIpc) is 3.29. The van der Waals surface area contributed by atoms with Crippen LogP contribution in [0.25, 0.3) is 11.3 Å². The Morgan fingerprint density at radius 2 is 2.04 bits per heavy atom. The molecule has 1 saturated carbocycles. The summed E-state index contributed by atoms with van der Waals surface area (Å²) in [5, 5.41) is 12.1. The van der Waals surface area contributed by atoms with Gasteiger partial charge in [0.15, 0.2) is 5.82 Å². The third-order valence-electron chi connectivity index (χ3n) is 4.74. The van der Waals surface area contributed by atoms with Gasteiger partial charge in [-0.25, -0.2) is 4.98 Å². The Bertz CT molecular complexity index is 807. The molecule has 1 atom stereocenters. The summed E-state index contributed by atoms with van der Waals surface area (Å²) in [4.78, 5) is 20.4. The lowest BCUT2D eigenvalue weighted by Crippen LogP contribution is -2.29. The van der Waals surface area contributed by atoms with Gasteiger partial charge in [-0.15, -0.1) is 0 Å². The summed E-state index contributed by atoms with van der Waals surface area (Å²) >= 11 is 0. The van der Waals surface area contributed by atoms with Gasteiger partial charge in [0.05, 0.1) is 11.7 Å². The number of fused-ring (bicyclic) bond motifs is 3. The summed E-state index contributed by atoms with van der Waals surface area (Å²) in [5.41, 5.74) is 4.81. The number of pyridine rings is 1. The van der Waals surface area contributed by atoms with Crippen molar-refractivity contribution in [1.29, 1.82) is 0 Å². The number of rotatable bonds is 2. The first-order chi connectivity index (χ1) is 11.0. The van der Waals surface area contributed by atoms with Crippen LogP contribution in [0.4, 0.5) is 11.5 Å². The highest BCUT2D eigenvalue weighted by molar-refractivity contribution is 6.00. The van der Waals surface area contributed by atoms with Gasteiger partial charge in [0.25, 0.3) is 0 Å². The lowest BCUT2D eigenvalue weighted by Gasteiger charge is -2.34. The van der Waals surface area contributed by atoms with Crippen molar-refractivity contribution in [2.24, 2.45) is 13.0 Å². The van der Waals surface area contributed by atoms with Gasteiger partial charge in [-0.2, -0.15) is 15.0 Å². The summed E-state index contributed by atoms with van der Waals surface area (Å²) in [6, 6.07) is 0.0753. The largest absolute Gasteiger partial charge is 0.363 e. The summed E-state index contributed by atoms with van der Waals surface area (Å²) < 4.78 is 0. The fourth-order valence-corrected chi connectivity index (χ4v) is 3.15. The van der Waals surface area contributed by atoms with E-state index >= 15 is 0 Å². The van der Waals surface area contributed by atoms with Crippen molar-refractivity contribution in [3.8, 4) is 11.3 Å². The number of nitrogens with one attached hydrogen (secondary N) is 1. The Balaban J connectivity index is 1.88. The topological polar surface area (TPSA) is 75.9 Å². The molecular weight excluding hydrogens is 292 g/mol. The van der Waals surface area contributed by atoms with Crippen LogP contribution in [-0.2, 0) is 11.8 Å². The molecule has 3 heterocycles. The third-order valence-corrected chi connectivity index (χ3v) is 4.74. The molecule has 0 saturated heterocycles. The van der Waals surface area contributed by atoms with Gasteiger partial charge in [-0.05, 0) is 32.3 Å². The van der Waals surface area contributed by atoms with E-state index in [0.29, 0.717) is 5.82 Å². The number of nitrogens with zero attached hydrogens (tertiary/aromatic N) is 5. The Morgan fingerprint density at radius 3 is 2.74 bits per heavy atom. The molecule has 1 N–H and O–H groups in total. The molecule has 0 spiro atoms. The van der Waals surface area contributed by atoms with Gasteiger partial charge in [0.2, 0.25) is 5.91 Å². The number of aryl methyl sites for hydroxylation is 2. The smallest absolute Gasteiger partial charge is 0.228 e. The van der Waals surface area contributed by atoms with Gasteiger partial charge < -0.3 is 10.2 Å². The van der Waals surface area contributed by atoms with E-state index in [1.54, 1.807) is 11.0 Å². The second-order valence-electron chi connectivity index (χ2n) is 6.49. The molecule has 1 amide bonds. The zero-order valence-corrected chi connectivity index (χ0v) is 13.8. The van der Waals surface area contributed by atoms with Gasteiger partial charge in [0, 0.05) is 31.8 Å². The molecule has 1 aliphatic carbocycles. The van der Waals surface area contributed by atoms with E-state index < -0.39 is 0 Å². The Labute approximate surface area is 134 Å². The molecule has 23 heavy (non-hydrogen) atoms. The molecule has 0 bridgehead atoms. The number of carbonyl (C=O) groups is 1. The molecule has 1 fully saturated rings. The first kappa shape index (κ1) is 14.2. The summed E-state index contributed by atoms with van der Waals surface area (Å²) in [6.07, 6.45) is 3.74. The molecule has 7 heteroatoms. The highest BCUT2D eigenvalue weighted by atomic mass is 16.2. The van der Waals surface area contributed by atoms with E-state index in [1.807, 2.05) is 21.0 Å². The van der Waals surface area contributed by atoms with E-state index in [2.05, 4.69) is 32.3 Å². The molecule has 2 aromatic heterocycles. The number of hydrogen-bond donors (Lipinski definition) is 1. The summed E-state index contributed by atoms with van der Waals surface area (Å²) in [5.74, 6) is 0.829. The molecule has 2 aromatic rings. The van der Waals surface area contributed by atoms with E-state index in [0.717, 1.165) is 41.0 Å². The number of anilines is 2. The van der Waals surface area contributed by atoms with Crippen LogP contribution in [0.5, 0.6) is 0 Å². The maximum Gasteiger partial charge on any atom is 0.228 e. The lowest BCUT2D eigenvalue weighted by molar-refractivity contribution is -0.117. The normalized spacial score (nSPS) is 19.3. The molecule has 0 radical (unpaired) electrons. The van der Waals surface area contributed by atoms with Crippen molar-refractivity contribution < 1.29 is 4.79 Å². The van der Waals surface area contributed by atoms with Crippen LogP contribution in [0.2, 0.25) is 0 Å². The van der Waals surface area contributed by atoms with Crippen molar-refractivity contribution in [1.82, 2.24) is 20.0 Å². The summed E-state index contributed by atoms with van der Waals surface area (Å²) in [6.45, 7) is 4.10. The maximum atomic E-state index is 12.2. The van der Waals surface area contributed by atoms with Crippen LogP contribution >= 0.6 is 0 Å². The second kappa shape index (κ2) is 4.78. The zero-order chi connectivity index (χ0) is 16.3. The Morgan fingerprint density at radius 1 is 1.30 bits per heavy atom. The van der Waals surface area contributed by atoms with E-state index in [9.17, 15) is 4.79 Å². The highest BCUT2D eigenvalue weighted by Gasteiger charge is 2.35. The Kier molecular flexibility index (Phi) is 2.94. The predicted molar refractivity (Wildman–Crippen MR) is 87.1 cm³/mol. The van der Waals surface area contributed by atoms with Crippen LogP contribution in [0, 0.1) is 12.8 Å². The minimum Gasteiger partial charge on any atom is -0.363 e. The number of amides is 1. The first-order valence-electron chi connectivity index (χ1n) is 7.92. The van der Waals surface area contributed by atoms with Crippen molar-refractivity contribution in [2.75, 3.05) is 17.3 Å². The third kappa shape index (κ3) is 2.10. The van der Waals surface area contributed by atoms with Gasteiger partial charge in [-0.3, -0.25) is 4.79 Å². The van der Waals surface area contributed by atoms with Crippen molar-refractivity contribution in [2.45, 2.75) is 32.7 Å². The number of carbonyl (C=O) groups excluding carboxylic acids is 1. The molecular formula is C16H20N6O. The second-order valence-corrected chi connectivity index (χ2v) is 6.49. The highest BCUT2D eigenvalue weighted by Crippen LogP contribution is 2.46. The molecule has 1 aliphatic heterocycles. The predicted octanol–water partition coefficient (Wildman–Crippen LogP) is 2.04. The zero-order valence-electron chi connectivity index (χ0n) is 13.8.